The lowest BCUT2D eigenvalue weighted by molar-refractivity contribution is -0.120. The van der Waals surface area contributed by atoms with Gasteiger partial charge in [0.1, 0.15) is 0 Å². The predicted molar refractivity (Wildman–Crippen MR) is 53.6 cm³/mol. The summed E-state index contributed by atoms with van der Waals surface area (Å²) in [6.07, 6.45) is 2.20. The molecule has 0 radical (unpaired) electrons. The van der Waals surface area contributed by atoms with Gasteiger partial charge in [-0.3, -0.25) is 4.79 Å². The van der Waals surface area contributed by atoms with Gasteiger partial charge in [-0.2, -0.15) is 0 Å². The number of hydrogen-bond acceptors (Lipinski definition) is 1. The molecule has 1 amide bonds. The van der Waals surface area contributed by atoms with Crippen LogP contribution in [-0.4, -0.2) is 11.4 Å². The Balaban J connectivity index is 2.61. The van der Waals surface area contributed by atoms with Crippen LogP contribution in [0.4, 0.5) is 0 Å². The zero-order chi connectivity index (χ0) is 8.48. The van der Waals surface area contributed by atoms with Crippen molar-refractivity contribution < 1.29 is 4.79 Å². The van der Waals surface area contributed by atoms with E-state index in [1.165, 1.54) is 5.57 Å². The zero-order valence-electron chi connectivity index (χ0n) is 6.78. The van der Waals surface area contributed by atoms with E-state index in [2.05, 4.69) is 38.9 Å². The summed E-state index contributed by atoms with van der Waals surface area (Å²) in [6.45, 7) is 3.64. The maximum atomic E-state index is 10.8. The molecule has 1 aliphatic carbocycles. The van der Waals surface area contributed by atoms with Crippen LogP contribution >= 0.6 is 22.6 Å². The maximum Gasteiger partial charge on any atom is 0.217 e. The molecular weight excluding hydrogens is 253 g/mol. The first-order valence-electron chi connectivity index (χ1n) is 3.67. The van der Waals surface area contributed by atoms with Crippen LogP contribution in [0.3, 0.4) is 0 Å². The SMILES string of the molecule is CC(=O)N[C@@]1(C)CC/C1=C\I. The van der Waals surface area contributed by atoms with Gasteiger partial charge in [0, 0.05) is 6.92 Å². The molecule has 0 saturated heterocycles. The third-order valence-corrected chi connectivity index (χ3v) is 2.94. The van der Waals surface area contributed by atoms with Crippen LogP contribution in [0.1, 0.15) is 26.7 Å². The number of halogens is 1. The summed E-state index contributed by atoms with van der Waals surface area (Å²) in [6, 6.07) is 0. The highest BCUT2D eigenvalue weighted by Gasteiger charge is 2.37. The highest BCUT2D eigenvalue weighted by atomic mass is 127. The molecule has 0 aromatic heterocycles. The molecule has 1 aliphatic rings. The van der Waals surface area contributed by atoms with Crippen molar-refractivity contribution in [1.82, 2.24) is 5.32 Å². The molecule has 0 heterocycles. The van der Waals surface area contributed by atoms with E-state index < -0.39 is 0 Å². The second-order valence-electron chi connectivity index (χ2n) is 3.15. The van der Waals surface area contributed by atoms with E-state index in [1.54, 1.807) is 6.92 Å². The molecule has 0 aliphatic heterocycles. The van der Waals surface area contributed by atoms with Crippen LogP contribution in [0.5, 0.6) is 0 Å². The summed E-state index contributed by atoms with van der Waals surface area (Å²) in [4.78, 5) is 10.8. The minimum atomic E-state index is -0.0347. The zero-order valence-corrected chi connectivity index (χ0v) is 8.94. The first kappa shape index (κ1) is 9.03. The second-order valence-corrected chi connectivity index (χ2v) is 3.77. The van der Waals surface area contributed by atoms with Gasteiger partial charge in [-0.25, -0.2) is 0 Å². The monoisotopic (exact) mass is 265 g/mol. The number of amides is 1. The number of carbonyl (C=O) groups excluding carboxylic acids is 1. The van der Waals surface area contributed by atoms with Crippen molar-refractivity contribution in [1.29, 1.82) is 0 Å². The van der Waals surface area contributed by atoms with Crippen LogP contribution in [0.15, 0.2) is 9.66 Å². The van der Waals surface area contributed by atoms with Gasteiger partial charge in [0.2, 0.25) is 5.91 Å². The van der Waals surface area contributed by atoms with Gasteiger partial charge in [-0.1, -0.05) is 22.6 Å². The fourth-order valence-corrected chi connectivity index (χ4v) is 2.35. The number of hydrogen-bond donors (Lipinski definition) is 1. The number of nitrogens with one attached hydrogen (secondary N) is 1. The molecule has 1 saturated carbocycles. The van der Waals surface area contributed by atoms with Gasteiger partial charge in [-0.15, -0.1) is 0 Å². The van der Waals surface area contributed by atoms with Crippen molar-refractivity contribution in [2.45, 2.75) is 32.2 Å². The Morgan fingerprint density at radius 3 is 2.73 bits per heavy atom. The van der Waals surface area contributed by atoms with Gasteiger partial charge in [0.05, 0.1) is 5.54 Å². The Bertz CT molecular complexity index is 212. The lowest BCUT2D eigenvalue weighted by Gasteiger charge is -2.41. The van der Waals surface area contributed by atoms with Gasteiger partial charge < -0.3 is 5.32 Å². The van der Waals surface area contributed by atoms with E-state index in [0.29, 0.717) is 0 Å². The molecule has 0 aromatic rings. The predicted octanol–water partition coefficient (Wildman–Crippen LogP) is 1.99. The van der Waals surface area contributed by atoms with Gasteiger partial charge in [0.15, 0.2) is 0 Å². The smallest absolute Gasteiger partial charge is 0.217 e. The van der Waals surface area contributed by atoms with Crippen LogP contribution in [0.2, 0.25) is 0 Å². The summed E-state index contributed by atoms with van der Waals surface area (Å²) in [5, 5.41) is 2.94. The van der Waals surface area contributed by atoms with E-state index >= 15 is 0 Å². The fraction of sp³-hybridized carbons (Fsp3) is 0.625. The molecule has 1 fully saturated rings. The van der Waals surface area contributed by atoms with Crippen molar-refractivity contribution in [3.8, 4) is 0 Å². The van der Waals surface area contributed by atoms with E-state index in [9.17, 15) is 4.79 Å². The minimum Gasteiger partial charge on any atom is -0.347 e. The molecule has 3 heteroatoms. The molecule has 2 nitrogen and oxygen atoms in total. The van der Waals surface area contributed by atoms with E-state index in [-0.39, 0.29) is 11.4 Å². The Labute approximate surface area is 80.6 Å². The molecule has 11 heavy (non-hydrogen) atoms. The summed E-state index contributed by atoms with van der Waals surface area (Å²) < 4.78 is 2.07. The quantitative estimate of drug-likeness (QED) is 0.722. The fourth-order valence-electron chi connectivity index (χ4n) is 1.35. The average Bonchev–Trinajstić information content (AvgIpc) is 1.85. The normalized spacial score (nSPS) is 33.2. The topological polar surface area (TPSA) is 29.1 Å². The van der Waals surface area contributed by atoms with Crippen molar-refractivity contribution in [3.63, 3.8) is 0 Å². The summed E-state index contributed by atoms with van der Waals surface area (Å²) in [5.41, 5.74) is 1.31. The number of rotatable bonds is 1. The molecule has 0 unspecified atom stereocenters. The molecule has 62 valence electrons. The van der Waals surface area contributed by atoms with Gasteiger partial charge in [0.25, 0.3) is 0 Å². The Morgan fingerprint density at radius 2 is 2.45 bits per heavy atom. The van der Waals surface area contributed by atoms with Crippen molar-refractivity contribution >= 4 is 28.5 Å². The molecule has 1 N–H and O–H groups in total. The first-order valence-corrected chi connectivity index (χ1v) is 4.91. The van der Waals surface area contributed by atoms with Crippen LogP contribution < -0.4 is 5.32 Å². The summed E-state index contributed by atoms with van der Waals surface area (Å²) in [5.74, 6) is 0.0583. The molecule has 0 aromatic carbocycles. The second kappa shape index (κ2) is 3.13. The van der Waals surface area contributed by atoms with Crippen LogP contribution in [0, 0.1) is 0 Å². The van der Waals surface area contributed by atoms with E-state index in [4.69, 9.17) is 0 Å². The summed E-state index contributed by atoms with van der Waals surface area (Å²) in [7, 11) is 0. The average molecular weight is 265 g/mol. The molecule has 0 bridgehead atoms. The lowest BCUT2D eigenvalue weighted by atomic mass is 9.74. The highest BCUT2D eigenvalue weighted by Crippen LogP contribution is 2.38. The number of carbonyl (C=O) groups is 1. The molecule has 1 atom stereocenters. The Hall–Kier alpha value is -0.0600. The van der Waals surface area contributed by atoms with E-state index in [1.807, 2.05) is 0 Å². The van der Waals surface area contributed by atoms with Crippen LogP contribution in [0.25, 0.3) is 0 Å². The maximum absolute atomic E-state index is 10.8. The molecular formula is C8H12INO. The first-order chi connectivity index (χ1) is 5.08. The van der Waals surface area contributed by atoms with E-state index in [0.717, 1.165) is 12.8 Å². The third-order valence-electron chi connectivity index (χ3n) is 2.19. The van der Waals surface area contributed by atoms with Crippen molar-refractivity contribution in [2.24, 2.45) is 0 Å². The molecule has 0 spiro atoms. The minimum absolute atomic E-state index is 0.0347. The van der Waals surface area contributed by atoms with Crippen molar-refractivity contribution in [3.05, 3.63) is 9.66 Å². The lowest BCUT2D eigenvalue weighted by Crippen LogP contribution is -2.52. The third kappa shape index (κ3) is 1.75. The molecule has 1 rings (SSSR count). The Kier molecular flexibility index (Phi) is 2.57. The summed E-state index contributed by atoms with van der Waals surface area (Å²) >= 11 is 2.22. The van der Waals surface area contributed by atoms with Gasteiger partial charge in [-0.05, 0) is 29.4 Å². The highest BCUT2D eigenvalue weighted by molar-refractivity contribution is 14.1. The van der Waals surface area contributed by atoms with Crippen molar-refractivity contribution in [2.75, 3.05) is 0 Å². The van der Waals surface area contributed by atoms with Gasteiger partial charge >= 0.3 is 0 Å². The Morgan fingerprint density at radius 1 is 1.82 bits per heavy atom. The van der Waals surface area contributed by atoms with Crippen LogP contribution in [-0.2, 0) is 4.79 Å². The largest absolute Gasteiger partial charge is 0.347 e. The standard InChI is InChI=1S/C8H12INO/c1-6(11)10-8(2)4-3-7(8)5-9/h5H,3-4H2,1-2H3,(H,10,11)/b7-5+/t8-/m0/s1.